The zero-order chi connectivity index (χ0) is 18.8. The normalized spacial score (nSPS) is 10.9. The Kier molecular flexibility index (Phi) is 4.64. The molecule has 4 rings (SSSR count). The first-order valence-corrected chi connectivity index (χ1v) is 8.92. The smallest absolute Gasteiger partial charge is 0.291 e. The molecular weight excluding hydrogens is 412 g/mol. The number of halogens is 1. The first kappa shape index (κ1) is 17.3. The summed E-state index contributed by atoms with van der Waals surface area (Å²) >= 11 is 3.35. The monoisotopic (exact) mass is 426 g/mol. The Morgan fingerprint density at radius 1 is 1.26 bits per heavy atom. The zero-order valence-corrected chi connectivity index (χ0v) is 15.9. The van der Waals surface area contributed by atoms with E-state index in [-0.39, 0.29) is 11.7 Å². The maximum atomic E-state index is 12.4. The number of hydrogen-bond donors (Lipinski definition) is 1. The van der Waals surface area contributed by atoms with E-state index in [9.17, 15) is 4.79 Å². The summed E-state index contributed by atoms with van der Waals surface area (Å²) in [6.07, 6.45) is 5.13. The molecule has 136 valence electrons. The van der Waals surface area contributed by atoms with Crippen LogP contribution in [-0.2, 0) is 6.54 Å². The number of benzene rings is 1. The van der Waals surface area contributed by atoms with Gasteiger partial charge in [0, 0.05) is 17.6 Å². The van der Waals surface area contributed by atoms with E-state index in [1.807, 2.05) is 30.5 Å². The van der Waals surface area contributed by atoms with Gasteiger partial charge in [0.1, 0.15) is 11.5 Å². The summed E-state index contributed by atoms with van der Waals surface area (Å²) in [4.78, 5) is 16.8. The largest absolute Gasteiger partial charge is 0.497 e. The lowest BCUT2D eigenvalue weighted by Gasteiger charge is -2.06. The quantitative estimate of drug-likeness (QED) is 0.519. The Morgan fingerprint density at radius 2 is 2.15 bits per heavy atom. The molecule has 0 saturated carbocycles. The molecule has 0 fully saturated rings. The molecule has 4 aromatic rings. The van der Waals surface area contributed by atoms with Gasteiger partial charge in [-0.05, 0) is 46.3 Å². The number of nitrogens with one attached hydrogen (secondary N) is 1. The summed E-state index contributed by atoms with van der Waals surface area (Å²) < 4.78 is 13.4. The van der Waals surface area contributed by atoms with Gasteiger partial charge in [-0.25, -0.2) is 0 Å². The van der Waals surface area contributed by atoms with Crippen molar-refractivity contribution in [3.8, 4) is 5.75 Å². The molecule has 1 amide bonds. The zero-order valence-electron chi connectivity index (χ0n) is 14.3. The number of nitrogens with zero attached hydrogens (tertiary/aromatic N) is 3. The average molecular weight is 427 g/mol. The highest BCUT2D eigenvalue weighted by atomic mass is 79.9. The lowest BCUT2D eigenvalue weighted by molar-refractivity contribution is 0.0994. The minimum atomic E-state index is -0.336. The summed E-state index contributed by atoms with van der Waals surface area (Å²) in [6.45, 7) is 0.443. The molecule has 0 aliphatic carbocycles. The van der Waals surface area contributed by atoms with Crippen LogP contribution in [0.25, 0.3) is 10.9 Å². The van der Waals surface area contributed by atoms with Gasteiger partial charge in [0.25, 0.3) is 5.91 Å². The van der Waals surface area contributed by atoms with Gasteiger partial charge in [-0.2, -0.15) is 5.10 Å². The van der Waals surface area contributed by atoms with E-state index in [2.05, 4.69) is 31.3 Å². The number of fused-ring (bicyclic) bond motifs is 1. The number of rotatable bonds is 5. The van der Waals surface area contributed by atoms with Crippen LogP contribution in [-0.4, -0.2) is 27.8 Å². The van der Waals surface area contributed by atoms with Crippen molar-refractivity contribution >= 4 is 38.4 Å². The van der Waals surface area contributed by atoms with Crippen LogP contribution >= 0.6 is 15.9 Å². The number of furan rings is 1. The molecule has 3 aromatic heterocycles. The van der Waals surface area contributed by atoms with E-state index >= 15 is 0 Å². The summed E-state index contributed by atoms with van der Waals surface area (Å²) in [5, 5.41) is 7.87. The van der Waals surface area contributed by atoms with Crippen LogP contribution in [0.2, 0.25) is 0 Å². The van der Waals surface area contributed by atoms with Crippen LogP contribution in [0, 0.1) is 0 Å². The summed E-state index contributed by atoms with van der Waals surface area (Å²) in [5.74, 6) is 1.27. The van der Waals surface area contributed by atoms with E-state index in [0.29, 0.717) is 18.0 Å². The van der Waals surface area contributed by atoms with Crippen molar-refractivity contribution < 1.29 is 13.9 Å². The van der Waals surface area contributed by atoms with E-state index < -0.39 is 0 Å². The summed E-state index contributed by atoms with van der Waals surface area (Å²) in [5.41, 5.74) is 1.38. The number of ether oxygens (including phenoxy) is 1. The number of aromatic nitrogens is 3. The topological polar surface area (TPSA) is 82.2 Å². The van der Waals surface area contributed by atoms with Crippen molar-refractivity contribution in [1.29, 1.82) is 0 Å². The van der Waals surface area contributed by atoms with E-state index in [1.54, 1.807) is 36.3 Å². The Bertz CT molecular complexity index is 1120. The molecule has 27 heavy (non-hydrogen) atoms. The van der Waals surface area contributed by atoms with Gasteiger partial charge in [0.2, 0.25) is 0 Å². The van der Waals surface area contributed by atoms with Crippen LogP contribution < -0.4 is 10.1 Å². The average Bonchev–Trinajstić information content (AvgIpc) is 3.30. The summed E-state index contributed by atoms with van der Waals surface area (Å²) in [6, 6.07) is 10.8. The van der Waals surface area contributed by atoms with Crippen LogP contribution in [0.4, 0.5) is 5.69 Å². The second-order valence-electron chi connectivity index (χ2n) is 5.86. The molecule has 1 N–H and O–H groups in total. The van der Waals surface area contributed by atoms with Gasteiger partial charge >= 0.3 is 0 Å². The third-order valence-electron chi connectivity index (χ3n) is 3.95. The lowest BCUT2D eigenvalue weighted by atomic mass is 10.2. The van der Waals surface area contributed by atoms with Gasteiger partial charge < -0.3 is 14.5 Å². The maximum Gasteiger partial charge on any atom is 0.291 e. The number of pyridine rings is 1. The summed E-state index contributed by atoms with van der Waals surface area (Å²) in [7, 11) is 1.61. The Balaban J connectivity index is 1.48. The molecule has 0 aliphatic rings. The molecule has 0 spiro atoms. The fourth-order valence-electron chi connectivity index (χ4n) is 2.66. The molecule has 0 radical (unpaired) electrons. The minimum absolute atomic E-state index is 0.228. The second kappa shape index (κ2) is 7.24. The minimum Gasteiger partial charge on any atom is -0.497 e. The predicted molar refractivity (Wildman–Crippen MR) is 104 cm³/mol. The fourth-order valence-corrected chi connectivity index (χ4v) is 2.99. The van der Waals surface area contributed by atoms with Gasteiger partial charge in [0.15, 0.2) is 5.76 Å². The third-order valence-corrected chi connectivity index (χ3v) is 4.36. The van der Waals surface area contributed by atoms with E-state index in [4.69, 9.17) is 9.15 Å². The van der Waals surface area contributed by atoms with Crippen molar-refractivity contribution in [2.24, 2.45) is 0 Å². The van der Waals surface area contributed by atoms with Crippen molar-refractivity contribution in [3.05, 3.63) is 71.0 Å². The van der Waals surface area contributed by atoms with Crippen molar-refractivity contribution in [1.82, 2.24) is 14.8 Å². The number of anilines is 1. The molecular formula is C19H15BrN4O3. The molecule has 0 saturated heterocycles. The highest BCUT2D eigenvalue weighted by molar-refractivity contribution is 9.10. The van der Waals surface area contributed by atoms with Gasteiger partial charge in [-0.3, -0.25) is 14.5 Å². The number of methoxy groups -OCH3 is 1. The predicted octanol–water partition coefficient (Wildman–Crippen LogP) is 4.10. The number of carbonyl (C=O) groups excluding carboxylic acids is 1. The van der Waals surface area contributed by atoms with Gasteiger partial charge in [-0.1, -0.05) is 0 Å². The van der Waals surface area contributed by atoms with Gasteiger partial charge in [-0.15, -0.1) is 0 Å². The van der Waals surface area contributed by atoms with Crippen molar-refractivity contribution in [2.75, 3.05) is 12.4 Å². The van der Waals surface area contributed by atoms with Crippen LogP contribution in [0.3, 0.4) is 0 Å². The first-order chi connectivity index (χ1) is 13.1. The lowest BCUT2D eigenvalue weighted by Crippen LogP contribution is -2.11. The molecule has 0 unspecified atom stereocenters. The van der Waals surface area contributed by atoms with Crippen molar-refractivity contribution in [3.63, 3.8) is 0 Å². The van der Waals surface area contributed by atoms with Crippen molar-refractivity contribution in [2.45, 2.75) is 6.54 Å². The number of carbonyl (C=O) groups is 1. The Morgan fingerprint density at radius 3 is 2.93 bits per heavy atom. The van der Waals surface area contributed by atoms with Gasteiger partial charge in [0.05, 0.1) is 41.7 Å². The maximum absolute atomic E-state index is 12.4. The van der Waals surface area contributed by atoms with Crippen LogP contribution in [0.1, 0.15) is 16.3 Å². The number of hydrogen-bond acceptors (Lipinski definition) is 5. The SMILES string of the molecule is COc1ccc2cc(NC(=O)c3ccc(Cn4cc(Br)cn4)o3)cnc2c1. The molecule has 1 aromatic carbocycles. The fraction of sp³-hybridized carbons (Fsp3) is 0.105. The first-order valence-electron chi connectivity index (χ1n) is 8.12. The molecule has 0 atom stereocenters. The Labute approximate surface area is 163 Å². The highest BCUT2D eigenvalue weighted by Gasteiger charge is 2.13. The molecule has 7 nitrogen and oxygen atoms in total. The van der Waals surface area contributed by atoms with E-state index in [0.717, 1.165) is 21.1 Å². The third kappa shape index (κ3) is 3.85. The Hall–Kier alpha value is -3.13. The highest BCUT2D eigenvalue weighted by Crippen LogP contribution is 2.22. The molecule has 0 bridgehead atoms. The molecule has 3 heterocycles. The second-order valence-corrected chi connectivity index (χ2v) is 6.77. The van der Waals surface area contributed by atoms with E-state index in [1.165, 1.54) is 0 Å². The molecule has 8 heteroatoms. The van der Waals surface area contributed by atoms with Crippen LogP contribution in [0.5, 0.6) is 5.75 Å². The molecule has 0 aliphatic heterocycles. The number of amides is 1. The van der Waals surface area contributed by atoms with Crippen LogP contribution in [0.15, 0.2) is 63.9 Å². The standard InChI is InChI=1S/C19H15BrN4O3/c1-26-15-3-2-12-6-14(9-21-17(12)7-15)23-19(25)18-5-4-16(27-18)11-24-10-13(20)8-22-24/h2-10H,11H2,1H3,(H,23,25).